The third-order valence-corrected chi connectivity index (χ3v) is 2.40. The summed E-state index contributed by atoms with van der Waals surface area (Å²) in [5, 5.41) is 2.56. The zero-order valence-corrected chi connectivity index (χ0v) is 10.5. The number of rotatable bonds is 5. The van der Waals surface area contributed by atoms with Crippen molar-refractivity contribution in [1.29, 1.82) is 0 Å². The number of nitrogens with one attached hydrogen (secondary N) is 1. The van der Waals surface area contributed by atoms with Gasteiger partial charge in [-0.2, -0.15) is 13.2 Å². The molecule has 0 aliphatic heterocycles. The van der Waals surface area contributed by atoms with Gasteiger partial charge in [0, 0.05) is 13.0 Å². The van der Waals surface area contributed by atoms with Crippen LogP contribution in [0.15, 0.2) is 24.3 Å². The Balaban J connectivity index is 2.38. The first kappa shape index (κ1) is 15.3. The average Bonchev–Trinajstić information content (AvgIpc) is 2.27. The van der Waals surface area contributed by atoms with E-state index in [9.17, 15) is 18.0 Å². The molecule has 0 aromatic heterocycles. The number of hydrogen-bond donors (Lipinski definition) is 2. The second kappa shape index (κ2) is 6.42. The first-order valence-corrected chi connectivity index (χ1v) is 5.67. The highest BCUT2D eigenvalue weighted by Crippen LogP contribution is 2.17. The van der Waals surface area contributed by atoms with Crippen LogP contribution in [0, 0.1) is 0 Å². The number of nitrogens with two attached hydrogens (primary N) is 1. The number of carbonyl (C=O) groups excluding carboxylic acids is 1. The molecule has 0 heterocycles. The van der Waals surface area contributed by atoms with Crippen LogP contribution in [0.1, 0.15) is 6.42 Å². The minimum Gasteiger partial charge on any atom is -0.397 e. The largest absolute Gasteiger partial charge is 0.401 e. The lowest BCUT2D eigenvalue weighted by Gasteiger charge is -2.18. The second-order valence-corrected chi connectivity index (χ2v) is 4.24. The minimum absolute atomic E-state index is 0.0259. The lowest BCUT2D eigenvalue weighted by Crippen LogP contribution is -2.33. The van der Waals surface area contributed by atoms with E-state index in [2.05, 4.69) is 5.32 Å². The van der Waals surface area contributed by atoms with E-state index in [0.717, 1.165) is 4.90 Å². The molecular weight excluding hydrogens is 259 g/mol. The number of nitrogens with zero attached hydrogens (tertiary/aromatic N) is 1. The molecule has 1 amide bonds. The number of benzene rings is 1. The Labute approximate surface area is 109 Å². The molecule has 1 rings (SSSR count). The van der Waals surface area contributed by atoms with Crippen molar-refractivity contribution in [3.8, 4) is 0 Å². The van der Waals surface area contributed by atoms with Crippen LogP contribution in [0.2, 0.25) is 0 Å². The van der Waals surface area contributed by atoms with Crippen molar-refractivity contribution in [2.24, 2.45) is 0 Å². The highest BCUT2D eigenvalue weighted by Gasteiger charge is 2.29. The van der Waals surface area contributed by atoms with E-state index in [1.54, 1.807) is 24.3 Å². The summed E-state index contributed by atoms with van der Waals surface area (Å²) in [6.45, 7) is -1.01. The zero-order chi connectivity index (χ0) is 14.5. The molecule has 0 saturated carbocycles. The summed E-state index contributed by atoms with van der Waals surface area (Å²) in [5.74, 6) is -0.369. The van der Waals surface area contributed by atoms with Gasteiger partial charge in [0.05, 0.1) is 17.9 Å². The van der Waals surface area contributed by atoms with Gasteiger partial charge < -0.3 is 11.1 Å². The Hall–Kier alpha value is -1.76. The van der Waals surface area contributed by atoms with Gasteiger partial charge >= 0.3 is 6.18 Å². The fourth-order valence-electron chi connectivity index (χ4n) is 1.50. The smallest absolute Gasteiger partial charge is 0.397 e. The Morgan fingerprint density at radius 3 is 2.58 bits per heavy atom. The molecule has 0 bridgehead atoms. The molecule has 0 saturated heterocycles. The van der Waals surface area contributed by atoms with Gasteiger partial charge in [-0.15, -0.1) is 0 Å². The molecular formula is C12H16F3N3O. The van der Waals surface area contributed by atoms with E-state index >= 15 is 0 Å². The number of para-hydroxylation sites is 2. The van der Waals surface area contributed by atoms with E-state index in [1.165, 1.54) is 7.05 Å². The molecule has 1 aromatic rings. The Morgan fingerprint density at radius 2 is 2.00 bits per heavy atom. The molecule has 0 fully saturated rings. The molecule has 4 nitrogen and oxygen atoms in total. The Morgan fingerprint density at radius 1 is 1.37 bits per heavy atom. The topological polar surface area (TPSA) is 58.4 Å². The van der Waals surface area contributed by atoms with Gasteiger partial charge in [0.25, 0.3) is 0 Å². The van der Waals surface area contributed by atoms with Gasteiger partial charge in [-0.25, -0.2) is 0 Å². The summed E-state index contributed by atoms with van der Waals surface area (Å²) in [6.07, 6.45) is -4.28. The quantitative estimate of drug-likeness (QED) is 0.809. The lowest BCUT2D eigenvalue weighted by atomic mass is 10.2. The number of nitrogen functional groups attached to an aromatic ring is 1. The van der Waals surface area contributed by atoms with Crippen molar-refractivity contribution in [1.82, 2.24) is 4.90 Å². The number of carbonyl (C=O) groups is 1. The summed E-state index contributed by atoms with van der Waals surface area (Å²) in [5.41, 5.74) is 6.51. The molecule has 7 heteroatoms. The molecule has 1 aromatic carbocycles. The van der Waals surface area contributed by atoms with Crippen LogP contribution in [0.3, 0.4) is 0 Å². The number of amides is 1. The minimum atomic E-state index is -4.25. The van der Waals surface area contributed by atoms with Crippen molar-refractivity contribution in [3.05, 3.63) is 24.3 Å². The number of anilines is 2. The maximum absolute atomic E-state index is 12.1. The fraction of sp³-hybridized carbons (Fsp3) is 0.417. The first-order chi connectivity index (χ1) is 8.78. The summed E-state index contributed by atoms with van der Waals surface area (Å²) in [7, 11) is 1.32. The zero-order valence-electron chi connectivity index (χ0n) is 10.5. The summed E-state index contributed by atoms with van der Waals surface area (Å²) in [4.78, 5) is 12.6. The number of halogens is 3. The van der Waals surface area contributed by atoms with E-state index in [-0.39, 0.29) is 18.9 Å². The van der Waals surface area contributed by atoms with Crippen LogP contribution in [-0.4, -0.2) is 37.1 Å². The van der Waals surface area contributed by atoms with E-state index in [4.69, 9.17) is 5.73 Å². The Kier molecular flexibility index (Phi) is 5.17. The average molecular weight is 275 g/mol. The first-order valence-electron chi connectivity index (χ1n) is 5.67. The van der Waals surface area contributed by atoms with Crippen molar-refractivity contribution >= 4 is 17.3 Å². The monoisotopic (exact) mass is 275 g/mol. The molecule has 3 N–H and O–H groups in total. The van der Waals surface area contributed by atoms with Crippen LogP contribution in [-0.2, 0) is 4.79 Å². The molecule has 0 aliphatic carbocycles. The SMILES string of the molecule is CN(CCC(=O)Nc1ccccc1N)CC(F)(F)F. The molecule has 0 atom stereocenters. The van der Waals surface area contributed by atoms with Gasteiger partial charge in [-0.1, -0.05) is 12.1 Å². The van der Waals surface area contributed by atoms with Crippen molar-refractivity contribution in [2.75, 3.05) is 31.2 Å². The highest BCUT2D eigenvalue weighted by molar-refractivity contribution is 5.93. The van der Waals surface area contributed by atoms with Crippen LogP contribution in [0.4, 0.5) is 24.5 Å². The summed E-state index contributed by atoms with van der Waals surface area (Å²) < 4.78 is 36.2. The van der Waals surface area contributed by atoms with Crippen LogP contribution in [0.5, 0.6) is 0 Å². The molecule has 0 radical (unpaired) electrons. The third kappa shape index (κ3) is 6.10. The van der Waals surface area contributed by atoms with Crippen LogP contribution in [0.25, 0.3) is 0 Å². The molecule has 106 valence electrons. The fourth-order valence-corrected chi connectivity index (χ4v) is 1.50. The third-order valence-electron chi connectivity index (χ3n) is 2.40. The van der Waals surface area contributed by atoms with Gasteiger partial charge in [0.15, 0.2) is 0 Å². The summed E-state index contributed by atoms with van der Waals surface area (Å²) >= 11 is 0. The van der Waals surface area contributed by atoms with E-state index in [0.29, 0.717) is 11.4 Å². The molecule has 0 aliphatic rings. The van der Waals surface area contributed by atoms with Gasteiger partial charge in [0.2, 0.25) is 5.91 Å². The van der Waals surface area contributed by atoms with Gasteiger partial charge in [0.1, 0.15) is 0 Å². The Bertz CT molecular complexity index is 434. The van der Waals surface area contributed by atoms with Crippen molar-refractivity contribution < 1.29 is 18.0 Å². The molecule has 19 heavy (non-hydrogen) atoms. The maximum Gasteiger partial charge on any atom is 0.401 e. The standard InChI is InChI=1S/C12H16F3N3O/c1-18(8-12(13,14)15)7-6-11(19)17-10-5-3-2-4-9(10)16/h2-5H,6-8,16H2,1H3,(H,17,19). The lowest BCUT2D eigenvalue weighted by molar-refractivity contribution is -0.144. The number of hydrogen-bond acceptors (Lipinski definition) is 3. The molecule has 0 spiro atoms. The van der Waals surface area contributed by atoms with E-state index in [1.807, 2.05) is 0 Å². The van der Waals surface area contributed by atoms with E-state index < -0.39 is 12.7 Å². The van der Waals surface area contributed by atoms with Gasteiger partial charge in [-0.3, -0.25) is 9.69 Å². The number of alkyl halides is 3. The molecule has 0 unspecified atom stereocenters. The maximum atomic E-state index is 12.1. The van der Waals surface area contributed by atoms with Crippen LogP contribution >= 0.6 is 0 Å². The van der Waals surface area contributed by atoms with Gasteiger partial charge in [-0.05, 0) is 19.2 Å². The predicted molar refractivity (Wildman–Crippen MR) is 67.7 cm³/mol. The normalized spacial score (nSPS) is 11.6. The summed E-state index contributed by atoms with van der Waals surface area (Å²) in [6, 6.07) is 6.70. The highest BCUT2D eigenvalue weighted by atomic mass is 19.4. The van der Waals surface area contributed by atoms with Crippen molar-refractivity contribution in [3.63, 3.8) is 0 Å². The predicted octanol–water partition coefficient (Wildman–Crippen LogP) is 2.09. The van der Waals surface area contributed by atoms with Crippen LogP contribution < -0.4 is 11.1 Å². The van der Waals surface area contributed by atoms with Crippen molar-refractivity contribution in [2.45, 2.75) is 12.6 Å². The second-order valence-electron chi connectivity index (χ2n) is 4.24.